The van der Waals surface area contributed by atoms with Crippen molar-refractivity contribution < 1.29 is 8.96 Å². The smallest absolute Gasteiger partial charge is 0.171 e. The SMILES string of the molecule is O=P(c1ccc(F)cc1)(c1ccc(Cl)cc1)c1ccc(Cl)cc1. The maximum absolute atomic E-state index is 13.9. The van der Waals surface area contributed by atoms with E-state index in [1.54, 1.807) is 60.7 Å². The van der Waals surface area contributed by atoms with Gasteiger partial charge in [-0.2, -0.15) is 0 Å². The van der Waals surface area contributed by atoms with Gasteiger partial charge in [-0.1, -0.05) is 23.2 Å². The predicted octanol–water partition coefficient (Wildman–Crippen LogP) is 4.77. The minimum Gasteiger partial charge on any atom is -0.309 e. The van der Waals surface area contributed by atoms with Crippen molar-refractivity contribution in [3.8, 4) is 0 Å². The summed E-state index contributed by atoms with van der Waals surface area (Å²) in [5, 5.41) is 2.96. The van der Waals surface area contributed by atoms with Crippen LogP contribution in [-0.2, 0) is 4.57 Å². The fraction of sp³-hybridized carbons (Fsp3) is 0. The fourth-order valence-corrected chi connectivity index (χ4v) is 5.25. The summed E-state index contributed by atoms with van der Waals surface area (Å²) in [4.78, 5) is 0. The predicted molar refractivity (Wildman–Crippen MR) is 95.8 cm³/mol. The minimum absolute atomic E-state index is 0.368. The van der Waals surface area contributed by atoms with Crippen molar-refractivity contribution in [2.45, 2.75) is 0 Å². The van der Waals surface area contributed by atoms with Gasteiger partial charge >= 0.3 is 0 Å². The molecular formula is C18H12Cl2FOP. The molecule has 0 aromatic heterocycles. The summed E-state index contributed by atoms with van der Waals surface area (Å²) in [7, 11) is -3.12. The molecule has 0 saturated carbocycles. The van der Waals surface area contributed by atoms with Gasteiger partial charge in [0.05, 0.1) is 0 Å². The summed E-state index contributed by atoms with van der Waals surface area (Å²) in [6.07, 6.45) is 0. The molecule has 23 heavy (non-hydrogen) atoms. The normalized spacial score (nSPS) is 11.4. The summed E-state index contributed by atoms with van der Waals surface area (Å²) in [6, 6.07) is 19.5. The van der Waals surface area contributed by atoms with Crippen LogP contribution in [0.4, 0.5) is 4.39 Å². The lowest BCUT2D eigenvalue weighted by molar-refractivity contribution is 0.592. The molecule has 0 bridgehead atoms. The lowest BCUT2D eigenvalue weighted by atomic mass is 10.3. The molecule has 0 aliphatic heterocycles. The number of benzene rings is 3. The van der Waals surface area contributed by atoms with Gasteiger partial charge < -0.3 is 4.57 Å². The van der Waals surface area contributed by atoms with Crippen LogP contribution in [0.1, 0.15) is 0 Å². The molecule has 0 N–H and O–H groups in total. The van der Waals surface area contributed by atoms with Crippen LogP contribution >= 0.6 is 30.3 Å². The van der Waals surface area contributed by atoms with Gasteiger partial charge in [-0.05, 0) is 72.8 Å². The Labute approximate surface area is 144 Å². The highest BCUT2D eigenvalue weighted by atomic mass is 35.5. The van der Waals surface area contributed by atoms with Crippen LogP contribution in [0.3, 0.4) is 0 Å². The number of rotatable bonds is 3. The van der Waals surface area contributed by atoms with Crippen molar-refractivity contribution in [3.63, 3.8) is 0 Å². The van der Waals surface area contributed by atoms with Crippen molar-refractivity contribution in [3.05, 3.63) is 88.7 Å². The molecule has 0 spiro atoms. The first-order valence-electron chi connectivity index (χ1n) is 6.88. The largest absolute Gasteiger partial charge is 0.309 e. The third-order valence-corrected chi connectivity index (χ3v) is 7.15. The molecule has 1 nitrogen and oxygen atoms in total. The van der Waals surface area contributed by atoms with E-state index < -0.39 is 7.14 Å². The van der Waals surface area contributed by atoms with Crippen LogP contribution in [0.15, 0.2) is 72.8 Å². The van der Waals surface area contributed by atoms with Crippen molar-refractivity contribution in [2.75, 3.05) is 0 Å². The molecule has 5 heteroatoms. The highest BCUT2D eigenvalue weighted by molar-refractivity contribution is 7.85. The van der Waals surface area contributed by atoms with E-state index >= 15 is 0 Å². The topological polar surface area (TPSA) is 17.1 Å². The van der Waals surface area contributed by atoms with Crippen molar-refractivity contribution in [2.24, 2.45) is 0 Å². The highest BCUT2D eigenvalue weighted by Gasteiger charge is 2.29. The molecule has 0 saturated heterocycles. The zero-order valence-electron chi connectivity index (χ0n) is 11.9. The highest BCUT2D eigenvalue weighted by Crippen LogP contribution is 2.42. The Morgan fingerprint density at radius 3 is 1.26 bits per heavy atom. The van der Waals surface area contributed by atoms with Crippen LogP contribution in [0.5, 0.6) is 0 Å². The van der Waals surface area contributed by atoms with E-state index in [1.165, 1.54) is 12.1 Å². The van der Waals surface area contributed by atoms with E-state index in [0.29, 0.717) is 26.0 Å². The lowest BCUT2D eigenvalue weighted by Gasteiger charge is -2.20. The Kier molecular flexibility index (Phi) is 4.59. The van der Waals surface area contributed by atoms with E-state index in [1.807, 2.05) is 0 Å². The van der Waals surface area contributed by atoms with Gasteiger partial charge in [-0.25, -0.2) is 4.39 Å². The number of hydrogen-bond donors (Lipinski definition) is 0. The van der Waals surface area contributed by atoms with Crippen molar-refractivity contribution in [1.29, 1.82) is 0 Å². The Bertz CT molecular complexity index is 741. The molecule has 116 valence electrons. The first-order valence-corrected chi connectivity index (χ1v) is 9.35. The molecule has 0 heterocycles. The summed E-state index contributed by atoms with van der Waals surface area (Å²) < 4.78 is 27.2. The Hall–Kier alpha value is -1.60. The van der Waals surface area contributed by atoms with Crippen molar-refractivity contribution in [1.82, 2.24) is 0 Å². The van der Waals surface area contributed by atoms with Gasteiger partial charge in [0.1, 0.15) is 5.82 Å². The molecule has 0 amide bonds. The number of hydrogen-bond acceptors (Lipinski definition) is 1. The maximum Gasteiger partial charge on any atom is 0.171 e. The quantitative estimate of drug-likeness (QED) is 0.611. The molecule has 0 unspecified atom stereocenters. The zero-order valence-corrected chi connectivity index (χ0v) is 14.3. The molecule has 0 atom stereocenters. The van der Waals surface area contributed by atoms with Gasteiger partial charge in [-0.3, -0.25) is 0 Å². The van der Waals surface area contributed by atoms with Gasteiger partial charge in [0.15, 0.2) is 7.14 Å². The molecule has 3 aromatic rings. The molecule has 0 aliphatic carbocycles. The van der Waals surface area contributed by atoms with Gasteiger partial charge in [0.2, 0.25) is 0 Å². The molecule has 3 rings (SSSR count). The van der Waals surface area contributed by atoms with E-state index in [-0.39, 0.29) is 5.82 Å². The van der Waals surface area contributed by atoms with E-state index in [0.717, 1.165) is 0 Å². The first-order chi connectivity index (χ1) is 11.0. The second-order valence-corrected chi connectivity index (χ2v) is 8.68. The third-order valence-electron chi connectivity index (χ3n) is 3.57. The van der Waals surface area contributed by atoms with Gasteiger partial charge in [0, 0.05) is 26.0 Å². The van der Waals surface area contributed by atoms with Gasteiger partial charge in [0.25, 0.3) is 0 Å². The van der Waals surface area contributed by atoms with Crippen LogP contribution < -0.4 is 15.9 Å². The lowest BCUT2D eigenvalue weighted by Crippen LogP contribution is -2.25. The van der Waals surface area contributed by atoms with E-state index in [4.69, 9.17) is 23.2 Å². The van der Waals surface area contributed by atoms with Crippen LogP contribution in [0.25, 0.3) is 0 Å². The minimum atomic E-state index is -3.12. The second kappa shape index (κ2) is 6.49. The molecule has 0 radical (unpaired) electrons. The Morgan fingerprint density at radius 2 is 0.913 bits per heavy atom. The molecule has 3 aromatic carbocycles. The summed E-state index contributed by atoms with van der Waals surface area (Å²) in [5.41, 5.74) is 0. The summed E-state index contributed by atoms with van der Waals surface area (Å²) in [6.45, 7) is 0. The average Bonchev–Trinajstić information content (AvgIpc) is 2.56. The van der Waals surface area contributed by atoms with E-state index in [9.17, 15) is 8.96 Å². The standard InChI is InChI=1S/C18H12Cl2FOP/c19-13-1-7-16(8-2-13)23(22,17-9-3-14(20)4-10-17)18-11-5-15(21)6-12-18/h1-12H. The average molecular weight is 365 g/mol. The van der Waals surface area contributed by atoms with Crippen LogP contribution in [0.2, 0.25) is 10.0 Å². The van der Waals surface area contributed by atoms with Crippen LogP contribution in [0, 0.1) is 5.82 Å². The third kappa shape index (κ3) is 3.21. The van der Waals surface area contributed by atoms with Crippen molar-refractivity contribution >= 4 is 46.3 Å². The Morgan fingerprint density at radius 1 is 0.609 bits per heavy atom. The zero-order chi connectivity index (χ0) is 16.4. The summed E-state index contributed by atoms with van der Waals surface area (Å²) >= 11 is 11.9. The molecule has 0 aliphatic rings. The second-order valence-electron chi connectivity index (χ2n) is 5.04. The maximum atomic E-state index is 13.9. The number of halogens is 3. The molecular weight excluding hydrogens is 353 g/mol. The Balaban J connectivity index is 2.24. The fourth-order valence-electron chi connectivity index (χ4n) is 2.40. The monoisotopic (exact) mass is 364 g/mol. The van der Waals surface area contributed by atoms with Crippen LogP contribution in [-0.4, -0.2) is 0 Å². The van der Waals surface area contributed by atoms with E-state index in [2.05, 4.69) is 0 Å². The first kappa shape index (κ1) is 16.3. The molecule has 0 fully saturated rings. The van der Waals surface area contributed by atoms with Gasteiger partial charge in [-0.15, -0.1) is 0 Å². The summed E-state index contributed by atoms with van der Waals surface area (Å²) in [5.74, 6) is -0.368.